The third kappa shape index (κ3) is 4.34. The number of esters is 1. The van der Waals surface area contributed by atoms with E-state index in [0.717, 1.165) is 0 Å². The first-order chi connectivity index (χ1) is 10.6. The SMILES string of the molecule is CCOc1ccc(NC(=O)COC(=O)c2cc(C)no2)cc1. The largest absolute Gasteiger partial charge is 0.494 e. The highest BCUT2D eigenvalue weighted by molar-refractivity contribution is 5.94. The number of anilines is 1. The molecule has 7 nitrogen and oxygen atoms in total. The predicted octanol–water partition coefficient (Wildman–Crippen LogP) is 2.18. The number of nitrogens with one attached hydrogen (secondary N) is 1. The number of amides is 1. The molecule has 1 aromatic carbocycles. The van der Waals surface area contributed by atoms with Crippen LogP contribution in [-0.2, 0) is 9.53 Å². The number of benzene rings is 1. The van der Waals surface area contributed by atoms with Crippen molar-refractivity contribution in [1.29, 1.82) is 0 Å². The van der Waals surface area contributed by atoms with Crippen LogP contribution in [0, 0.1) is 6.92 Å². The van der Waals surface area contributed by atoms with Gasteiger partial charge in [-0.1, -0.05) is 5.16 Å². The monoisotopic (exact) mass is 304 g/mol. The van der Waals surface area contributed by atoms with Gasteiger partial charge in [0.2, 0.25) is 5.76 Å². The van der Waals surface area contributed by atoms with Crippen LogP contribution in [0.3, 0.4) is 0 Å². The van der Waals surface area contributed by atoms with E-state index in [-0.39, 0.29) is 5.76 Å². The Labute approximate surface area is 127 Å². The molecular formula is C15H16N2O5. The molecule has 1 aromatic heterocycles. The van der Waals surface area contributed by atoms with E-state index in [0.29, 0.717) is 23.7 Å². The summed E-state index contributed by atoms with van der Waals surface area (Å²) in [5, 5.41) is 6.17. The molecule has 0 atom stereocenters. The molecule has 2 rings (SSSR count). The van der Waals surface area contributed by atoms with Gasteiger partial charge in [-0.15, -0.1) is 0 Å². The molecule has 0 aliphatic heterocycles. The van der Waals surface area contributed by atoms with Gasteiger partial charge in [-0.25, -0.2) is 4.79 Å². The summed E-state index contributed by atoms with van der Waals surface area (Å²) in [6.07, 6.45) is 0. The molecule has 116 valence electrons. The van der Waals surface area contributed by atoms with Gasteiger partial charge in [-0.2, -0.15) is 0 Å². The Bertz CT molecular complexity index is 648. The third-order valence-corrected chi connectivity index (χ3v) is 2.61. The molecule has 0 spiro atoms. The molecule has 0 radical (unpaired) electrons. The van der Waals surface area contributed by atoms with Crippen molar-refractivity contribution in [3.05, 3.63) is 41.8 Å². The number of carbonyl (C=O) groups excluding carboxylic acids is 2. The van der Waals surface area contributed by atoms with Crippen molar-refractivity contribution < 1.29 is 23.6 Å². The van der Waals surface area contributed by atoms with E-state index in [4.69, 9.17) is 14.0 Å². The summed E-state index contributed by atoms with van der Waals surface area (Å²) in [5.41, 5.74) is 1.14. The molecule has 1 N–H and O–H groups in total. The summed E-state index contributed by atoms with van der Waals surface area (Å²) < 4.78 is 14.9. The van der Waals surface area contributed by atoms with Gasteiger partial charge in [0.25, 0.3) is 5.91 Å². The number of hydrogen-bond donors (Lipinski definition) is 1. The van der Waals surface area contributed by atoms with Crippen LogP contribution in [0.4, 0.5) is 5.69 Å². The molecular weight excluding hydrogens is 288 g/mol. The molecule has 0 aliphatic rings. The maximum Gasteiger partial charge on any atom is 0.377 e. The van der Waals surface area contributed by atoms with E-state index in [1.54, 1.807) is 31.2 Å². The highest BCUT2D eigenvalue weighted by atomic mass is 16.6. The smallest absolute Gasteiger partial charge is 0.377 e. The van der Waals surface area contributed by atoms with Gasteiger partial charge in [0.05, 0.1) is 12.3 Å². The minimum Gasteiger partial charge on any atom is -0.494 e. The van der Waals surface area contributed by atoms with Crippen LogP contribution >= 0.6 is 0 Å². The third-order valence-electron chi connectivity index (χ3n) is 2.61. The molecule has 0 aliphatic carbocycles. The van der Waals surface area contributed by atoms with Crippen molar-refractivity contribution in [2.75, 3.05) is 18.5 Å². The van der Waals surface area contributed by atoms with Gasteiger partial charge >= 0.3 is 5.97 Å². The number of aryl methyl sites for hydroxylation is 1. The van der Waals surface area contributed by atoms with E-state index < -0.39 is 18.5 Å². The Kier molecular flexibility index (Phi) is 5.13. The number of ether oxygens (including phenoxy) is 2. The van der Waals surface area contributed by atoms with Crippen molar-refractivity contribution in [2.24, 2.45) is 0 Å². The zero-order chi connectivity index (χ0) is 15.9. The molecule has 1 amide bonds. The van der Waals surface area contributed by atoms with E-state index in [9.17, 15) is 9.59 Å². The standard InChI is InChI=1S/C15H16N2O5/c1-3-20-12-6-4-11(5-7-12)16-14(18)9-21-15(19)13-8-10(2)17-22-13/h4-8H,3,9H2,1-2H3,(H,16,18). The molecule has 0 saturated carbocycles. The Hall–Kier alpha value is -2.83. The zero-order valence-electron chi connectivity index (χ0n) is 12.3. The van der Waals surface area contributed by atoms with Crippen LogP contribution in [0.1, 0.15) is 23.2 Å². The second kappa shape index (κ2) is 7.26. The van der Waals surface area contributed by atoms with Crippen LogP contribution in [0.15, 0.2) is 34.9 Å². The quantitative estimate of drug-likeness (QED) is 0.823. The second-order valence-electron chi connectivity index (χ2n) is 4.41. The van der Waals surface area contributed by atoms with Gasteiger partial charge < -0.3 is 19.3 Å². The molecule has 0 fully saturated rings. The Morgan fingerprint density at radius 2 is 2.00 bits per heavy atom. The Morgan fingerprint density at radius 1 is 1.27 bits per heavy atom. The van der Waals surface area contributed by atoms with Crippen LogP contribution in [0.5, 0.6) is 5.75 Å². The lowest BCUT2D eigenvalue weighted by Crippen LogP contribution is -2.20. The second-order valence-corrected chi connectivity index (χ2v) is 4.41. The fraction of sp³-hybridized carbons (Fsp3) is 0.267. The lowest BCUT2D eigenvalue weighted by Gasteiger charge is -2.07. The van der Waals surface area contributed by atoms with Gasteiger partial charge in [-0.05, 0) is 38.1 Å². The maximum atomic E-state index is 11.7. The van der Waals surface area contributed by atoms with E-state index in [1.807, 2.05) is 6.92 Å². The highest BCUT2D eigenvalue weighted by Crippen LogP contribution is 2.15. The fourth-order valence-electron chi connectivity index (χ4n) is 1.66. The normalized spacial score (nSPS) is 10.1. The Balaban J connectivity index is 1.81. The predicted molar refractivity (Wildman–Crippen MR) is 77.8 cm³/mol. The maximum absolute atomic E-state index is 11.7. The molecule has 1 heterocycles. The van der Waals surface area contributed by atoms with Crippen molar-refractivity contribution in [3.8, 4) is 5.75 Å². The first-order valence-corrected chi connectivity index (χ1v) is 6.71. The summed E-state index contributed by atoms with van der Waals surface area (Å²) in [7, 11) is 0. The van der Waals surface area contributed by atoms with Crippen LogP contribution in [-0.4, -0.2) is 30.2 Å². The van der Waals surface area contributed by atoms with Crippen LogP contribution < -0.4 is 10.1 Å². The first-order valence-electron chi connectivity index (χ1n) is 6.71. The lowest BCUT2D eigenvalue weighted by molar-refractivity contribution is -0.119. The number of aromatic nitrogens is 1. The highest BCUT2D eigenvalue weighted by Gasteiger charge is 2.15. The summed E-state index contributed by atoms with van der Waals surface area (Å²) in [5.74, 6) is -0.504. The first kappa shape index (κ1) is 15.6. The van der Waals surface area contributed by atoms with Gasteiger partial charge in [0.15, 0.2) is 6.61 Å². The Morgan fingerprint density at radius 3 is 2.59 bits per heavy atom. The van der Waals surface area contributed by atoms with E-state index in [2.05, 4.69) is 10.5 Å². The summed E-state index contributed by atoms with van der Waals surface area (Å²) in [6.45, 7) is 3.73. The number of carbonyl (C=O) groups is 2. The zero-order valence-corrected chi connectivity index (χ0v) is 12.3. The summed E-state index contributed by atoms with van der Waals surface area (Å²) >= 11 is 0. The number of nitrogens with zero attached hydrogens (tertiary/aromatic N) is 1. The lowest BCUT2D eigenvalue weighted by atomic mass is 10.3. The van der Waals surface area contributed by atoms with E-state index >= 15 is 0 Å². The number of hydrogen-bond acceptors (Lipinski definition) is 6. The van der Waals surface area contributed by atoms with Crippen molar-refractivity contribution in [2.45, 2.75) is 13.8 Å². The topological polar surface area (TPSA) is 90.7 Å². The van der Waals surface area contributed by atoms with Crippen molar-refractivity contribution >= 4 is 17.6 Å². The van der Waals surface area contributed by atoms with Crippen LogP contribution in [0.2, 0.25) is 0 Å². The average Bonchev–Trinajstić information content (AvgIpc) is 2.94. The van der Waals surface area contributed by atoms with Gasteiger partial charge in [0.1, 0.15) is 5.75 Å². The van der Waals surface area contributed by atoms with Crippen molar-refractivity contribution in [3.63, 3.8) is 0 Å². The minimum absolute atomic E-state index is 0.0358. The molecule has 7 heteroatoms. The van der Waals surface area contributed by atoms with Gasteiger partial charge in [0, 0.05) is 11.8 Å². The average molecular weight is 304 g/mol. The molecule has 0 bridgehead atoms. The minimum atomic E-state index is -0.734. The van der Waals surface area contributed by atoms with Crippen LogP contribution in [0.25, 0.3) is 0 Å². The summed E-state index contributed by atoms with van der Waals surface area (Å²) in [6, 6.07) is 8.31. The molecule has 0 saturated heterocycles. The molecule has 22 heavy (non-hydrogen) atoms. The molecule has 0 unspecified atom stereocenters. The van der Waals surface area contributed by atoms with Gasteiger partial charge in [-0.3, -0.25) is 4.79 Å². The van der Waals surface area contributed by atoms with Crippen molar-refractivity contribution in [1.82, 2.24) is 5.16 Å². The summed E-state index contributed by atoms with van der Waals surface area (Å²) in [4.78, 5) is 23.3. The molecule has 2 aromatic rings. The number of rotatable bonds is 6. The van der Waals surface area contributed by atoms with E-state index in [1.165, 1.54) is 6.07 Å². The fourth-order valence-corrected chi connectivity index (χ4v) is 1.66.